The molecular weight excluding hydrogens is 281 g/mol. The van der Waals surface area contributed by atoms with Crippen molar-refractivity contribution in [2.75, 3.05) is 13.2 Å². The molecule has 4 heteroatoms. The van der Waals surface area contributed by atoms with Crippen LogP contribution in [-0.4, -0.2) is 19.1 Å². The summed E-state index contributed by atoms with van der Waals surface area (Å²) in [6.45, 7) is 2.73. The molecule has 3 nitrogen and oxygen atoms in total. The van der Waals surface area contributed by atoms with Crippen molar-refractivity contribution >= 4 is 12.0 Å². The maximum atomic E-state index is 12.7. The van der Waals surface area contributed by atoms with Crippen molar-refractivity contribution in [3.8, 4) is 5.75 Å². The third-order valence-electron chi connectivity index (χ3n) is 2.99. The van der Waals surface area contributed by atoms with Gasteiger partial charge in [-0.1, -0.05) is 29.8 Å². The monoisotopic (exact) mass is 299 g/mol. The zero-order chi connectivity index (χ0) is 15.8. The molecule has 0 aromatic heterocycles. The number of carbonyl (C=O) groups excluding carboxylic acids is 1. The van der Waals surface area contributed by atoms with Gasteiger partial charge < -0.3 is 10.1 Å². The maximum Gasteiger partial charge on any atom is 0.244 e. The Morgan fingerprint density at radius 3 is 2.50 bits per heavy atom. The third-order valence-corrected chi connectivity index (χ3v) is 2.99. The number of carbonyl (C=O) groups is 1. The van der Waals surface area contributed by atoms with Gasteiger partial charge in [-0.3, -0.25) is 4.79 Å². The van der Waals surface area contributed by atoms with Crippen LogP contribution in [0.25, 0.3) is 6.08 Å². The highest BCUT2D eigenvalue weighted by molar-refractivity contribution is 5.91. The van der Waals surface area contributed by atoms with Crippen molar-refractivity contribution in [3.05, 3.63) is 71.6 Å². The SMILES string of the molecule is Cc1ccc(/C=C/C(=O)NCCOc2ccc(F)cc2)cc1. The minimum Gasteiger partial charge on any atom is -0.492 e. The van der Waals surface area contributed by atoms with Crippen LogP contribution in [0.4, 0.5) is 4.39 Å². The average molecular weight is 299 g/mol. The summed E-state index contributed by atoms with van der Waals surface area (Å²) in [6, 6.07) is 13.7. The maximum absolute atomic E-state index is 12.7. The quantitative estimate of drug-likeness (QED) is 0.656. The van der Waals surface area contributed by atoms with Gasteiger partial charge in [-0.2, -0.15) is 0 Å². The second-order valence-electron chi connectivity index (χ2n) is 4.84. The molecule has 0 aliphatic heterocycles. The number of benzene rings is 2. The van der Waals surface area contributed by atoms with Crippen molar-refractivity contribution in [1.29, 1.82) is 0 Å². The van der Waals surface area contributed by atoms with E-state index in [-0.39, 0.29) is 11.7 Å². The number of ether oxygens (including phenoxy) is 1. The summed E-state index contributed by atoms with van der Waals surface area (Å²) in [5.74, 6) is 0.0935. The van der Waals surface area contributed by atoms with Gasteiger partial charge in [0.15, 0.2) is 0 Å². The van der Waals surface area contributed by atoms with Crippen LogP contribution in [-0.2, 0) is 4.79 Å². The molecule has 22 heavy (non-hydrogen) atoms. The molecule has 0 unspecified atom stereocenters. The number of halogens is 1. The van der Waals surface area contributed by atoms with E-state index in [1.807, 2.05) is 31.2 Å². The van der Waals surface area contributed by atoms with Gasteiger partial charge in [-0.25, -0.2) is 4.39 Å². The highest BCUT2D eigenvalue weighted by Gasteiger charge is 1.97. The molecule has 114 valence electrons. The topological polar surface area (TPSA) is 38.3 Å². The Labute approximate surface area is 129 Å². The first-order chi connectivity index (χ1) is 10.6. The molecule has 0 fully saturated rings. The molecule has 0 saturated carbocycles. The lowest BCUT2D eigenvalue weighted by Gasteiger charge is -2.06. The van der Waals surface area contributed by atoms with Crippen LogP contribution in [0.15, 0.2) is 54.6 Å². The van der Waals surface area contributed by atoms with Gasteiger partial charge in [0.25, 0.3) is 0 Å². The van der Waals surface area contributed by atoms with Gasteiger partial charge in [0, 0.05) is 6.08 Å². The molecule has 2 rings (SSSR count). The van der Waals surface area contributed by atoms with E-state index < -0.39 is 0 Å². The summed E-state index contributed by atoms with van der Waals surface area (Å²) in [5.41, 5.74) is 2.16. The smallest absolute Gasteiger partial charge is 0.244 e. The minimum absolute atomic E-state index is 0.178. The standard InChI is InChI=1S/C18H18FNO2/c1-14-2-4-15(5-3-14)6-11-18(21)20-12-13-22-17-9-7-16(19)8-10-17/h2-11H,12-13H2,1H3,(H,20,21)/b11-6+. The fourth-order valence-corrected chi connectivity index (χ4v) is 1.78. The second-order valence-corrected chi connectivity index (χ2v) is 4.84. The number of hydrogen-bond donors (Lipinski definition) is 1. The molecule has 0 aliphatic rings. The molecule has 0 saturated heterocycles. The van der Waals surface area contributed by atoms with Crippen LogP contribution in [0.5, 0.6) is 5.75 Å². The van der Waals surface area contributed by atoms with Gasteiger partial charge in [-0.15, -0.1) is 0 Å². The van der Waals surface area contributed by atoms with Crippen LogP contribution >= 0.6 is 0 Å². The molecule has 2 aromatic carbocycles. The molecule has 0 bridgehead atoms. The predicted molar refractivity (Wildman–Crippen MR) is 85.1 cm³/mol. The second kappa shape index (κ2) is 7.98. The van der Waals surface area contributed by atoms with Crippen molar-refractivity contribution in [1.82, 2.24) is 5.32 Å². The lowest BCUT2D eigenvalue weighted by Crippen LogP contribution is -2.26. The van der Waals surface area contributed by atoms with Crippen LogP contribution in [0.3, 0.4) is 0 Å². The first kappa shape index (κ1) is 15.8. The molecule has 0 spiro atoms. The van der Waals surface area contributed by atoms with E-state index >= 15 is 0 Å². The molecule has 1 amide bonds. The number of nitrogens with one attached hydrogen (secondary N) is 1. The normalized spacial score (nSPS) is 10.6. The summed E-state index contributed by atoms with van der Waals surface area (Å²) in [6.07, 6.45) is 3.25. The van der Waals surface area contributed by atoms with Crippen molar-refractivity contribution in [2.24, 2.45) is 0 Å². The molecule has 2 aromatic rings. The summed E-state index contributed by atoms with van der Waals surface area (Å²) in [5, 5.41) is 2.72. The Kier molecular flexibility index (Phi) is 5.72. The molecule has 0 heterocycles. The Morgan fingerprint density at radius 2 is 1.82 bits per heavy atom. The lowest BCUT2D eigenvalue weighted by molar-refractivity contribution is -0.116. The van der Waals surface area contributed by atoms with E-state index in [4.69, 9.17) is 4.74 Å². The average Bonchev–Trinajstić information content (AvgIpc) is 2.53. The van der Waals surface area contributed by atoms with E-state index in [0.717, 1.165) is 5.56 Å². The van der Waals surface area contributed by atoms with E-state index in [1.165, 1.54) is 23.8 Å². The summed E-state index contributed by atoms with van der Waals surface area (Å²) < 4.78 is 18.1. The Bertz CT molecular complexity index is 633. The fraction of sp³-hybridized carbons (Fsp3) is 0.167. The van der Waals surface area contributed by atoms with Crippen molar-refractivity contribution in [3.63, 3.8) is 0 Å². The minimum atomic E-state index is -0.304. The largest absolute Gasteiger partial charge is 0.492 e. The van der Waals surface area contributed by atoms with Crippen LogP contribution in [0.2, 0.25) is 0 Å². The molecular formula is C18H18FNO2. The molecule has 0 radical (unpaired) electrons. The van der Waals surface area contributed by atoms with Gasteiger partial charge in [-0.05, 0) is 42.8 Å². The van der Waals surface area contributed by atoms with Crippen molar-refractivity contribution < 1.29 is 13.9 Å². The first-order valence-corrected chi connectivity index (χ1v) is 7.04. The Morgan fingerprint density at radius 1 is 1.14 bits per heavy atom. The Balaban J connectivity index is 1.69. The Hall–Kier alpha value is -2.62. The van der Waals surface area contributed by atoms with E-state index in [9.17, 15) is 9.18 Å². The van der Waals surface area contributed by atoms with Crippen LogP contribution < -0.4 is 10.1 Å². The summed E-state index contributed by atoms with van der Waals surface area (Å²) in [7, 11) is 0. The summed E-state index contributed by atoms with van der Waals surface area (Å²) >= 11 is 0. The summed E-state index contributed by atoms with van der Waals surface area (Å²) in [4.78, 5) is 11.6. The number of hydrogen-bond acceptors (Lipinski definition) is 2. The molecule has 0 atom stereocenters. The van der Waals surface area contributed by atoms with Crippen LogP contribution in [0.1, 0.15) is 11.1 Å². The highest BCUT2D eigenvalue weighted by atomic mass is 19.1. The molecule has 0 aliphatic carbocycles. The van der Waals surface area contributed by atoms with E-state index in [0.29, 0.717) is 18.9 Å². The van der Waals surface area contributed by atoms with Gasteiger partial charge in [0.05, 0.1) is 6.54 Å². The lowest BCUT2D eigenvalue weighted by atomic mass is 10.1. The number of aryl methyl sites for hydroxylation is 1. The number of rotatable bonds is 6. The van der Waals surface area contributed by atoms with Gasteiger partial charge in [0.1, 0.15) is 18.2 Å². The van der Waals surface area contributed by atoms with Gasteiger partial charge in [0.2, 0.25) is 5.91 Å². The fourth-order valence-electron chi connectivity index (χ4n) is 1.78. The van der Waals surface area contributed by atoms with Crippen LogP contribution in [0, 0.1) is 12.7 Å². The molecule has 1 N–H and O–H groups in total. The predicted octanol–water partition coefficient (Wildman–Crippen LogP) is 3.34. The first-order valence-electron chi connectivity index (χ1n) is 7.04. The van der Waals surface area contributed by atoms with Gasteiger partial charge >= 0.3 is 0 Å². The van der Waals surface area contributed by atoms with E-state index in [2.05, 4.69) is 5.32 Å². The zero-order valence-corrected chi connectivity index (χ0v) is 12.4. The van der Waals surface area contributed by atoms with E-state index in [1.54, 1.807) is 18.2 Å². The van der Waals surface area contributed by atoms with Crippen molar-refractivity contribution in [2.45, 2.75) is 6.92 Å². The number of amides is 1. The zero-order valence-electron chi connectivity index (χ0n) is 12.4. The third kappa shape index (κ3) is 5.40. The highest BCUT2D eigenvalue weighted by Crippen LogP contribution is 2.10.